The molecule has 0 aliphatic carbocycles. The Morgan fingerprint density at radius 2 is 1.85 bits per heavy atom. The second-order valence-corrected chi connectivity index (χ2v) is 6.82. The number of carbonyl (C=O) groups is 1. The lowest BCUT2D eigenvalue weighted by Crippen LogP contribution is -2.42. The molecule has 130 valence electrons. The maximum Gasteiger partial charge on any atom is 0.395 e. The minimum Gasteiger partial charge on any atom is -0.298 e. The number of rotatable bonds is 3. The molecule has 0 spiro atoms. The quantitative estimate of drug-likeness (QED) is 0.440. The van der Waals surface area contributed by atoms with E-state index < -0.39 is 5.92 Å². The number of nitrogens with zero attached hydrogens (tertiary/aromatic N) is 2. The van der Waals surface area contributed by atoms with Crippen LogP contribution in [0.4, 0.5) is 4.39 Å². The molecule has 26 heavy (non-hydrogen) atoms. The van der Waals surface area contributed by atoms with Gasteiger partial charge < -0.3 is 0 Å². The van der Waals surface area contributed by atoms with E-state index in [1.165, 1.54) is 0 Å². The van der Waals surface area contributed by atoms with E-state index in [2.05, 4.69) is 6.58 Å². The summed E-state index contributed by atoms with van der Waals surface area (Å²) in [6.07, 6.45) is 4.60. The minimum absolute atomic E-state index is 0.600. The molecule has 0 radical (unpaired) electrons. The Hall–Kier alpha value is -3.01. The summed E-state index contributed by atoms with van der Waals surface area (Å²) in [5.41, 5.74) is 6.79. The second kappa shape index (κ2) is 5.49. The van der Waals surface area contributed by atoms with Crippen molar-refractivity contribution in [1.82, 2.24) is 4.57 Å². The predicted octanol–water partition coefficient (Wildman–Crippen LogP) is 4.91. The molecular weight excluding hydrogens is 327 g/mol. The number of aromatic nitrogens is 1. The molecule has 2 aliphatic heterocycles. The van der Waals surface area contributed by atoms with Crippen molar-refractivity contribution in [3.63, 3.8) is 0 Å². The van der Waals surface area contributed by atoms with Crippen molar-refractivity contribution >= 4 is 18.1 Å². The van der Waals surface area contributed by atoms with Gasteiger partial charge in [-0.15, -0.1) is 8.97 Å². The minimum atomic E-state index is -1.75. The Balaban J connectivity index is 1.94. The van der Waals surface area contributed by atoms with E-state index in [-0.39, 0.29) is 0 Å². The lowest BCUT2D eigenvalue weighted by molar-refractivity contribution is -0.627. The van der Waals surface area contributed by atoms with E-state index in [9.17, 15) is 4.79 Å². The van der Waals surface area contributed by atoms with E-state index in [0.29, 0.717) is 5.56 Å². The standard InChI is InChI=1S/C22H20FN2O/c1-5-19-14(2)21-12-18-10-11-20(17-8-6-16(13-26)7-9-17)25(18)22(4,23)24(21)15(19)3/h5-13H,1H2,2-4H3/q+1. The average molecular weight is 347 g/mol. The molecule has 2 aromatic rings. The molecule has 1 aromatic carbocycles. The van der Waals surface area contributed by atoms with Crippen LogP contribution in [-0.2, 0) is 5.92 Å². The first-order valence-corrected chi connectivity index (χ1v) is 8.56. The van der Waals surface area contributed by atoms with Crippen LogP contribution in [0.1, 0.15) is 36.8 Å². The van der Waals surface area contributed by atoms with Crippen molar-refractivity contribution in [3.8, 4) is 11.3 Å². The van der Waals surface area contributed by atoms with Gasteiger partial charge in [0, 0.05) is 24.1 Å². The van der Waals surface area contributed by atoms with Gasteiger partial charge in [0.1, 0.15) is 6.29 Å². The van der Waals surface area contributed by atoms with E-state index in [1.807, 2.05) is 44.2 Å². The monoisotopic (exact) mass is 347 g/mol. The molecular formula is C22H20FN2O+. The smallest absolute Gasteiger partial charge is 0.298 e. The molecule has 1 unspecified atom stereocenters. The van der Waals surface area contributed by atoms with E-state index in [0.717, 1.165) is 45.8 Å². The number of aldehydes is 1. The number of hydrogen-bond acceptors (Lipinski definition) is 1. The van der Waals surface area contributed by atoms with Gasteiger partial charge in [-0.1, -0.05) is 36.9 Å². The fourth-order valence-electron chi connectivity index (χ4n) is 4.10. The molecule has 1 aromatic heterocycles. The summed E-state index contributed by atoms with van der Waals surface area (Å²) in [4.78, 5) is 10.9. The molecule has 0 amide bonds. The molecule has 2 aliphatic rings. The third-order valence-electron chi connectivity index (χ3n) is 5.31. The van der Waals surface area contributed by atoms with Crippen LogP contribution in [0.15, 0.2) is 65.9 Å². The lowest BCUT2D eigenvalue weighted by atomic mass is 10.1. The Morgan fingerprint density at radius 1 is 1.15 bits per heavy atom. The third-order valence-corrected chi connectivity index (χ3v) is 5.31. The Labute approximate surface area is 152 Å². The summed E-state index contributed by atoms with van der Waals surface area (Å²) in [7, 11) is 0. The zero-order valence-electron chi connectivity index (χ0n) is 15.1. The number of alkyl halides is 1. The number of fused-ring (bicyclic) bond motifs is 2. The van der Waals surface area contributed by atoms with Gasteiger partial charge in [-0.25, -0.2) is 0 Å². The molecule has 0 saturated heterocycles. The Kier molecular flexibility index (Phi) is 3.48. The maximum atomic E-state index is 16.2. The van der Waals surface area contributed by atoms with Crippen LogP contribution in [0.2, 0.25) is 0 Å². The number of allylic oxidation sites excluding steroid dienone is 3. The van der Waals surface area contributed by atoms with Crippen LogP contribution in [-0.4, -0.2) is 21.1 Å². The summed E-state index contributed by atoms with van der Waals surface area (Å²) in [5, 5.41) is 0. The van der Waals surface area contributed by atoms with Gasteiger partial charge in [0.25, 0.3) is 0 Å². The maximum absolute atomic E-state index is 16.2. The normalized spacial score (nSPS) is 21.5. The van der Waals surface area contributed by atoms with Crippen LogP contribution in [0.25, 0.3) is 17.3 Å². The number of benzene rings is 1. The third kappa shape index (κ3) is 2.05. The molecule has 4 rings (SSSR count). The van der Waals surface area contributed by atoms with Crippen LogP contribution in [0, 0.1) is 0 Å². The highest BCUT2D eigenvalue weighted by molar-refractivity contribution is 6.01. The van der Waals surface area contributed by atoms with Crippen LogP contribution in [0.3, 0.4) is 0 Å². The van der Waals surface area contributed by atoms with Gasteiger partial charge in [0.05, 0.1) is 23.9 Å². The van der Waals surface area contributed by atoms with Crippen LogP contribution < -0.4 is 0 Å². The van der Waals surface area contributed by atoms with Gasteiger partial charge >= 0.3 is 5.92 Å². The first-order chi connectivity index (χ1) is 12.4. The predicted molar refractivity (Wildman–Crippen MR) is 102 cm³/mol. The zero-order valence-corrected chi connectivity index (χ0v) is 15.1. The van der Waals surface area contributed by atoms with Crippen molar-refractivity contribution in [3.05, 3.63) is 77.2 Å². The van der Waals surface area contributed by atoms with Crippen molar-refractivity contribution in [2.45, 2.75) is 26.7 Å². The second-order valence-electron chi connectivity index (χ2n) is 6.82. The van der Waals surface area contributed by atoms with Crippen molar-refractivity contribution in [1.29, 1.82) is 0 Å². The first kappa shape index (κ1) is 16.5. The van der Waals surface area contributed by atoms with Crippen LogP contribution >= 0.6 is 0 Å². The van der Waals surface area contributed by atoms with E-state index >= 15 is 4.39 Å². The molecule has 0 saturated carbocycles. The van der Waals surface area contributed by atoms with Crippen molar-refractivity contribution in [2.75, 3.05) is 0 Å². The summed E-state index contributed by atoms with van der Waals surface area (Å²) in [6, 6.07) is 11.0. The molecule has 3 heterocycles. The highest BCUT2D eigenvalue weighted by Gasteiger charge is 2.51. The summed E-state index contributed by atoms with van der Waals surface area (Å²) in [5.74, 6) is -1.75. The Morgan fingerprint density at radius 3 is 2.46 bits per heavy atom. The molecule has 0 bridgehead atoms. The van der Waals surface area contributed by atoms with Crippen molar-refractivity contribution in [2.24, 2.45) is 0 Å². The van der Waals surface area contributed by atoms with Gasteiger partial charge in [-0.3, -0.25) is 9.36 Å². The van der Waals surface area contributed by atoms with Crippen LogP contribution in [0.5, 0.6) is 0 Å². The first-order valence-electron chi connectivity index (χ1n) is 8.56. The van der Waals surface area contributed by atoms with Gasteiger partial charge in [0.2, 0.25) is 5.70 Å². The largest absolute Gasteiger partial charge is 0.395 e. The van der Waals surface area contributed by atoms with E-state index in [1.54, 1.807) is 34.3 Å². The van der Waals surface area contributed by atoms with Gasteiger partial charge in [-0.05, 0) is 24.6 Å². The van der Waals surface area contributed by atoms with Crippen molar-refractivity contribution < 1.29 is 13.8 Å². The SMILES string of the molecule is C=CC1=C(C)C2=Cc3ccc(-c4ccc(C=O)cc4)n3C(C)(F)[N+]2=C1C. The Bertz CT molecular complexity index is 1050. The lowest BCUT2D eigenvalue weighted by Gasteiger charge is -2.27. The van der Waals surface area contributed by atoms with Gasteiger partial charge in [0.15, 0.2) is 5.71 Å². The molecule has 1 atom stereocenters. The highest BCUT2D eigenvalue weighted by atomic mass is 19.1. The molecule has 0 N–H and O–H groups in total. The number of carbonyl (C=O) groups excluding carboxylic acids is 1. The topological polar surface area (TPSA) is 25.0 Å². The summed E-state index contributed by atoms with van der Waals surface area (Å²) < 4.78 is 19.6. The zero-order chi connectivity index (χ0) is 18.6. The number of halogens is 1. The van der Waals surface area contributed by atoms with E-state index in [4.69, 9.17) is 0 Å². The fourth-order valence-corrected chi connectivity index (χ4v) is 4.10. The fraction of sp³-hybridized carbons (Fsp3) is 0.182. The summed E-state index contributed by atoms with van der Waals surface area (Å²) in [6.45, 7) is 9.38. The van der Waals surface area contributed by atoms with Gasteiger partial charge in [-0.2, -0.15) is 0 Å². The molecule has 3 nitrogen and oxygen atoms in total. The average Bonchev–Trinajstić information content (AvgIpc) is 3.16. The molecule has 4 heteroatoms. The summed E-state index contributed by atoms with van der Waals surface area (Å²) >= 11 is 0. The highest BCUT2D eigenvalue weighted by Crippen LogP contribution is 2.42. The number of hydrogen-bond donors (Lipinski definition) is 0. The molecule has 0 fully saturated rings.